The molecule has 2 rings (SSSR count). The van der Waals surface area contributed by atoms with Crippen LogP contribution >= 0.6 is 0 Å². The normalized spacial score (nSPS) is 9.75. The van der Waals surface area contributed by atoms with Gasteiger partial charge >= 0.3 is 0 Å². The molecule has 0 N–H and O–H groups in total. The Bertz CT molecular complexity index is 529. The van der Waals surface area contributed by atoms with Crippen molar-refractivity contribution in [2.45, 2.75) is 0 Å². The summed E-state index contributed by atoms with van der Waals surface area (Å²) in [6.07, 6.45) is 2.79. The molecule has 2 nitrogen and oxygen atoms in total. The van der Waals surface area contributed by atoms with E-state index in [1.165, 1.54) is 12.5 Å². The summed E-state index contributed by atoms with van der Waals surface area (Å²) in [5, 5.41) is 2.08. The molecule has 0 spiro atoms. The molecule has 2 aromatic carbocycles. The fourth-order valence-electron chi connectivity index (χ4n) is 1.60. The van der Waals surface area contributed by atoms with Crippen LogP contribution in [0.4, 0.5) is 0 Å². The first-order valence-corrected chi connectivity index (χ1v) is 4.93. The molecule has 0 radical (unpaired) electrons. The van der Waals surface area contributed by atoms with Gasteiger partial charge < -0.3 is 9.47 Å². The highest BCUT2D eigenvalue weighted by Crippen LogP contribution is 2.31. The molecule has 0 aliphatic rings. The summed E-state index contributed by atoms with van der Waals surface area (Å²) in [6.45, 7) is 7.08. The lowest BCUT2D eigenvalue weighted by Gasteiger charge is -2.08. The van der Waals surface area contributed by atoms with Crippen molar-refractivity contribution in [3.63, 3.8) is 0 Å². The van der Waals surface area contributed by atoms with Crippen LogP contribution in [0, 0.1) is 0 Å². The van der Waals surface area contributed by atoms with E-state index in [1.54, 1.807) is 0 Å². The maximum atomic E-state index is 5.36. The Morgan fingerprint density at radius 3 is 2.44 bits per heavy atom. The zero-order valence-corrected chi connectivity index (χ0v) is 8.85. The zero-order valence-electron chi connectivity index (χ0n) is 8.85. The third kappa shape index (κ3) is 1.91. The molecular formula is C14H12O2. The van der Waals surface area contributed by atoms with Crippen molar-refractivity contribution >= 4 is 10.8 Å². The molecule has 2 heteroatoms. The van der Waals surface area contributed by atoms with Crippen LogP contribution in [0.25, 0.3) is 10.8 Å². The van der Waals surface area contributed by atoms with Gasteiger partial charge in [0.15, 0.2) is 0 Å². The fourth-order valence-corrected chi connectivity index (χ4v) is 1.60. The average Bonchev–Trinajstić information content (AvgIpc) is 2.30. The summed E-state index contributed by atoms with van der Waals surface area (Å²) < 4.78 is 10.6. The summed E-state index contributed by atoms with van der Waals surface area (Å²) in [4.78, 5) is 0. The highest BCUT2D eigenvalue weighted by molar-refractivity contribution is 5.89. The molecule has 80 valence electrons. The van der Waals surface area contributed by atoms with E-state index in [1.807, 2.05) is 36.4 Å². The van der Waals surface area contributed by atoms with Crippen molar-refractivity contribution < 1.29 is 9.47 Å². The van der Waals surface area contributed by atoms with Crippen LogP contribution < -0.4 is 9.47 Å². The Morgan fingerprint density at radius 1 is 0.938 bits per heavy atom. The maximum Gasteiger partial charge on any atom is 0.138 e. The third-order valence-corrected chi connectivity index (χ3v) is 2.23. The van der Waals surface area contributed by atoms with E-state index in [0.717, 1.165) is 16.5 Å². The second kappa shape index (κ2) is 4.53. The SMILES string of the molecule is C=COc1cc(OC=C)c2ccccc2c1. The van der Waals surface area contributed by atoms with Crippen molar-refractivity contribution in [1.29, 1.82) is 0 Å². The number of ether oxygens (including phenoxy) is 2. The van der Waals surface area contributed by atoms with Gasteiger partial charge in [-0.3, -0.25) is 0 Å². The quantitative estimate of drug-likeness (QED) is 0.716. The summed E-state index contributed by atoms with van der Waals surface area (Å²) in [7, 11) is 0. The molecule has 0 unspecified atom stereocenters. The predicted octanol–water partition coefficient (Wildman–Crippen LogP) is 3.88. The molecular weight excluding hydrogens is 200 g/mol. The van der Waals surface area contributed by atoms with Crippen LogP contribution in [0.2, 0.25) is 0 Å². The van der Waals surface area contributed by atoms with Gasteiger partial charge in [-0.25, -0.2) is 0 Å². The molecule has 0 aliphatic carbocycles. The maximum absolute atomic E-state index is 5.36. The molecule has 0 aliphatic heterocycles. The number of benzene rings is 2. The van der Waals surface area contributed by atoms with Gasteiger partial charge in [-0.1, -0.05) is 37.4 Å². The van der Waals surface area contributed by atoms with Crippen LogP contribution in [0.1, 0.15) is 0 Å². The minimum Gasteiger partial charge on any atom is -0.465 e. The second-order valence-electron chi connectivity index (χ2n) is 3.21. The Kier molecular flexibility index (Phi) is 2.92. The molecule has 0 heterocycles. The van der Waals surface area contributed by atoms with E-state index in [9.17, 15) is 0 Å². The molecule has 0 saturated carbocycles. The van der Waals surface area contributed by atoms with Crippen molar-refractivity contribution in [3.05, 3.63) is 62.1 Å². The van der Waals surface area contributed by atoms with Gasteiger partial charge in [0.2, 0.25) is 0 Å². The minimum atomic E-state index is 0.700. The summed E-state index contributed by atoms with van der Waals surface area (Å²) in [6, 6.07) is 11.7. The Balaban J connectivity index is 2.62. The molecule has 0 aromatic heterocycles. The summed E-state index contributed by atoms with van der Waals surface area (Å²) in [5.74, 6) is 1.43. The van der Waals surface area contributed by atoms with Gasteiger partial charge in [-0.05, 0) is 11.5 Å². The van der Waals surface area contributed by atoms with E-state index in [0.29, 0.717) is 5.75 Å². The molecule has 0 atom stereocenters. The van der Waals surface area contributed by atoms with Gasteiger partial charge in [0.05, 0.1) is 12.5 Å². The Labute approximate surface area is 94.4 Å². The van der Waals surface area contributed by atoms with Crippen LogP contribution in [0.5, 0.6) is 11.5 Å². The lowest BCUT2D eigenvalue weighted by atomic mass is 10.1. The molecule has 0 fully saturated rings. The Hall–Kier alpha value is -2.22. The first-order valence-electron chi connectivity index (χ1n) is 4.93. The minimum absolute atomic E-state index is 0.700. The summed E-state index contributed by atoms with van der Waals surface area (Å²) in [5.41, 5.74) is 0. The largest absolute Gasteiger partial charge is 0.465 e. The van der Waals surface area contributed by atoms with E-state index in [4.69, 9.17) is 9.47 Å². The monoisotopic (exact) mass is 212 g/mol. The molecule has 0 saturated heterocycles. The van der Waals surface area contributed by atoms with Gasteiger partial charge in [0, 0.05) is 11.5 Å². The van der Waals surface area contributed by atoms with Crippen LogP contribution in [-0.4, -0.2) is 0 Å². The van der Waals surface area contributed by atoms with Gasteiger partial charge in [-0.15, -0.1) is 0 Å². The Morgan fingerprint density at radius 2 is 1.69 bits per heavy atom. The first kappa shape index (κ1) is 10.3. The predicted molar refractivity (Wildman–Crippen MR) is 65.6 cm³/mol. The van der Waals surface area contributed by atoms with Crippen LogP contribution in [0.3, 0.4) is 0 Å². The number of hydrogen-bond donors (Lipinski definition) is 0. The van der Waals surface area contributed by atoms with E-state index in [2.05, 4.69) is 13.2 Å². The van der Waals surface area contributed by atoms with Crippen molar-refractivity contribution in [3.8, 4) is 11.5 Å². The molecule has 16 heavy (non-hydrogen) atoms. The van der Waals surface area contributed by atoms with E-state index < -0.39 is 0 Å². The number of hydrogen-bond acceptors (Lipinski definition) is 2. The van der Waals surface area contributed by atoms with Crippen molar-refractivity contribution in [1.82, 2.24) is 0 Å². The standard InChI is InChI=1S/C14H12O2/c1-3-15-12-9-11-7-5-6-8-13(11)14(10-12)16-4-2/h3-10H,1-2H2. The highest BCUT2D eigenvalue weighted by Gasteiger charge is 2.04. The van der Waals surface area contributed by atoms with Gasteiger partial charge in [0.1, 0.15) is 11.5 Å². The van der Waals surface area contributed by atoms with Crippen molar-refractivity contribution in [2.24, 2.45) is 0 Å². The van der Waals surface area contributed by atoms with Crippen LogP contribution in [-0.2, 0) is 0 Å². The molecule has 2 aromatic rings. The van der Waals surface area contributed by atoms with Gasteiger partial charge in [0.25, 0.3) is 0 Å². The lowest BCUT2D eigenvalue weighted by molar-refractivity contribution is 0.465. The highest BCUT2D eigenvalue weighted by atomic mass is 16.5. The van der Waals surface area contributed by atoms with Gasteiger partial charge in [-0.2, -0.15) is 0 Å². The number of rotatable bonds is 4. The van der Waals surface area contributed by atoms with E-state index in [-0.39, 0.29) is 0 Å². The number of fused-ring (bicyclic) bond motifs is 1. The zero-order chi connectivity index (χ0) is 11.4. The van der Waals surface area contributed by atoms with Crippen LogP contribution in [0.15, 0.2) is 62.1 Å². The van der Waals surface area contributed by atoms with E-state index >= 15 is 0 Å². The second-order valence-corrected chi connectivity index (χ2v) is 3.21. The van der Waals surface area contributed by atoms with Crippen molar-refractivity contribution in [2.75, 3.05) is 0 Å². The molecule has 0 bridgehead atoms. The fraction of sp³-hybridized carbons (Fsp3) is 0. The smallest absolute Gasteiger partial charge is 0.138 e. The first-order chi connectivity index (χ1) is 7.85. The average molecular weight is 212 g/mol. The molecule has 0 amide bonds. The topological polar surface area (TPSA) is 18.5 Å². The lowest BCUT2D eigenvalue weighted by Crippen LogP contribution is -1.87. The third-order valence-electron chi connectivity index (χ3n) is 2.23. The summed E-state index contributed by atoms with van der Waals surface area (Å²) >= 11 is 0.